The number of piperidine rings is 1. The minimum absolute atomic E-state index is 0.149. The van der Waals surface area contributed by atoms with E-state index in [9.17, 15) is 13.6 Å². The lowest BCUT2D eigenvalue weighted by Crippen LogP contribution is -2.35. The molecule has 1 saturated heterocycles. The lowest BCUT2D eigenvalue weighted by Gasteiger charge is -2.35. The molecule has 1 aliphatic heterocycles. The van der Waals surface area contributed by atoms with Gasteiger partial charge in [0.1, 0.15) is 0 Å². The van der Waals surface area contributed by atoms with Gasteiger partial charge in [-0.05, 0) is 84.7 Å². The number of carbonyl (C=O) groups excluding carboxylic acids is 1. The molecule has 3 aliphatic rings. The van der Waals surface area contributed by atoms with Gasteiger partial charge in [-0.3, -0.25) is 4.79 Å². The smallest absolute Gasteiger partial charge is 0.259 e. The number of benzene rings is 1. The molecular weight excluding hydrogens is 515 g/mol. The second kappa shape index (κ2) is 7.97. The van der Waals surface area contributed by atoms with Gasteiger partial charge in [-0.2, -0.15) is 9.90 Å². The Labute approximate surface area is 193 Å². The molecule has 1 aromatic heterocycles. The highest BCUT2D eigenvalue weighted by Gasteiger charge is 2.44. The zero-order valence-corrected chi connectivity index (χ0v) is 19.4. The van der Waals surface area contributed by atoms with Crippen LogP contribution in [0.5, 0.6) is 0 Å². The van der Waals surface area contributed by atoms with Gasteiger partial charge in [-0.15, -0.1) is 5.10 Å². The summed E-state index contributed by atoms with van der Waals surface area (Å²) >= 11 is 2.28. The summed E-state index contributed by atoms with van der Waals surface area (Å²) in [5.41, 5.74) is 2.16. The molecule has 0 unspecified atom stereocenters. The maximum Gasteiger partial charge on any atom is 0.259 e. The van der Waals surface area contributed by atoms with Crippen molar-refractivity contribution < 1.29 is 13.6 Å². The first-order valence-electron chi connectivity index (χ1n) is 11.0. The molecule has 1 N–H and O–H groups in total. The number of nitrogens with one attached hydrogen (secondary N) is 1. The fraction of sp³-hybridized carbons (Fsp3) is 0.591. The van der Waals surface area contributed by atoms with Crippen LogP contribution in [0.15, 0.2) is 24.4 Å². The molecule has 1 aromatic carbocycles. The quantitative estimate of drug-likeness (QED) is 0.537. The van der Waals surface area contributed by atoms with Crippen molar-refractivity contribution in [2.45, 2.75) is 63.3 Å². The number of nitrogens with zero attached hydrogens (tertiary/aromatic N) is 4. The van der Waals surface area contributed by atoms with Gasteiger partial charge in [-0.25, -0.2) is 8.78 Å². The van der Waals surface area contributed by atoms with E-state index in [0.717, 1.165) is 22.3 Å². The first-order chi connectivity index (χ1) is 14.8. The van der Waals surface area contributed by atoms with Crippen LogP contribution in [0.3, 0.4) is 0 Å². The van der Waals surface area contributed by atoms with Gasteiger partial charge in [0.2, 0.25) is 5.92 Å². The Hall–Kier alpha value is -1.78. The van der Waals surface area contributed by atoms with Crippen LogP contribution >= 0.6 is 22.6 Å². The molecule has 2 heterocycles. The molecule has 31 heavy (non-hydrogen) atoms. The number of halogens is 3. The molecule has 3 fully saturated rings. The SMILES string of the molecule is O=C(Nc1cnn(C2CCC(F)(F)CC2)n1)c1ccc(I)cc1N1CCC2(CC1)CC2. The van der Waals surface area contributed by atoms with Crippen molar-refractivity contribution in [2.75, 3.05) is 23.3 Å². The Kier molecular flexibility index (Phi) is 5.42. The van der Waals surface area contributed by atoms with Crippen LogP contribution in [-0.4, -0.2) is 39.9 Å². The zero-order chi connectivity index (χ0) is 21.6. The van der Waals surface area contributed by atoms with Crippen LogP contribution in [0.4, 0.5) is 20.3 Å². The Bertz CT molecular complexity index is 970. The van der Waals surface area contributed by atoms with Crippen LogP contribution in [0, 0.1) is 8.99 Å². The summed E-state index contributed by atoms with van der Waals surface area (Å²) < 4.78 is 27.9. The van der Waals surface area contributed by atoms with Crippen LogP contribution in [0.2, 0.25) is 0 Å². The Morgan fingerprint density at radius 3 is 2.48 bits per heavy atom. The summed E-state index contributed by atoms with van der Waals surface area (Å²) in [5, 5.41) is 11.4. The second-order valence-electron chi connectivity index (χ2n) is 9.24. The minimum Gasteiger partial charge on any atom is -0.371 e. The van der Waals surface area contributed by atoms with Gasteiger partial charge in [0.15, 0.2) is 5.82 Å². The van der Waals surface area contributed by atoms with Gasteiger partial charge in [0.05, 0.1) is 23.5 Å². The van der Waals surface area contributed by atoms with Gasteiger partial charge in [0, 0.05) is 29.5 Å². The molecule has 0 bridgehead atoms. The van der Waals surface area contributed by atoms with E-state index in [4.69, 9.17) is 0 Å². The molecule has 1 spiro atoms. The summed E-state index contributed by atoms with van der Waals surface area (Å²) in [6.45, 7) is 1.95. The maximum absolute atomic E-state index is 13.4. The topological polar surface area (TPSA) is 63.1 Å². The van der Waals surface area contributed by atoms with E-state index < -0.39 is 5.92 Å². The van der Waals surface area contributed by atoms with Crippen LogP contribution in [0.1, 0.15) is 67.8 Å². The summed E-state index contributed by atoms with van der Waals surface area (Å²) in [6.07, 6.45) is 6.94. The van der Waals surface area contributed by atoms with Crippen molar-refractivity contribution in [3.05, 3.63) is 33.5 Å². The maximum atomic E-state index is 13.4. The van der Waals surface area contributed by atoms with E-state index in [1.807, 2.05) is 12.1 Å². The number of amides is 1. The molecule has 2 saturated carbocycles. The van der Waals surface area contributed by atoms with Crippen molar-refractivity contribution in [1.29, 1.82) is 0 Å². The first-order valence-corrected chi connectivity index (χ1v) is 12.1. The summed E-state index contributed by atoms with van der Waals surface area (Å²) in [6, 6.07) is 5.72. The molecular formula is C22H26F2IN5O. The lowest BCUT2D eigenvalue weighted by molar-refractivity contribution is -0.0462. The Morgan fingerprint density at radius 2 is 1.81 bits per heavy atom. The molecule has 2 aromatic rings. The van der Waals surface area contributed by atoms with E-state index >= 15 is 0 Å². The Balaban J connectivity index is 1.28. The number of carbonyl (C=O) groups is 1. The van der Waals surface area contributed by atoms with Gasteiger partial charge >= 0.3 is 0 Å². The molecule has 2 aliphatic carbocycles. The van der Waals surface area contributed by atoms with Gasteiger partial charge in [0.25, 0.3) is 5.91 Å². The van der Waals surface area contributed by atoms with Crippen molar-refractivity contribution in [1.82, 2.24) is 15.0 Å². The number of rotatable bonds is 4. The van der Waals surface area contributed by atoms with E-state index in [1.165, 1.54) is 36.7 Å². The third kappa shape index (κ3) is 4.56. The molecule has 166 valence electrons. The number of alkyl halides is 2. The molecule has 9 heteroatoms. The number of anilines is 2. The molecule has 0 atom stereocenters. The zero-order valence-electron chi connectivity index (χ0n) is 17.3. The second-order valence-corrected chi connectivity index (χ2v) is 10.5. The minimum atomic E-state index is -2.59. The largest absolute Gasteiger partial charge is 0.371 e. The predicted molar refractivity (Wildman–Crippen MR) is 123 cm³/mol. The van der Waals surface area contributed by atoms with Crippen LogP contribution < -0.4 is 10.2 Å². The standard InChI is InChI=1S/C22H26F2IN5O/c23-22(24)5-3-16(4-6-22)30-26-14-19(28-30)27-20(31)17-2-1-15(25)13-18(17)29-11-9-21(7-8-21)10-12-29/h1-2,13-14,16H,3-12H2,(H,27,28,31). The fourth-order valence-electron chi connectivity index (χ4n) is 4.81. The molecule has 0 radical (unpaired) electrons. The van der Waals surface area contributed by atoms with Crippen molar-refractivity contribution >= 4 is 40.0 Å². The third-order valence-electron chi connectivity index (χ3n) is 7.09. The fourth-order valence-corrected chi connectivity index (χ4v) is 5.28. The lowest BCUT2D eigenvalue weighted by atomic mass is 9.93. The van der Waals surface area contributed by atoms with E-state index in [0.29, 0.717) is 29.6 Å². The average Bonchev–Trinajstić information content (AvgIpc) is 3.33. The number of hydrogen-bond donors (Lipinski definition) is 1. The van der Waals surface area contributed by atoms with Crippen molar-refractivity contribution in [3.63, 3.8) is 0 Å². The predicted octanol–water partition coefficient (Wildman–Crippen LogP) is 5.27. The summed E-state index contributed by atoms with van der Waals surface area (Å²) in [5.74, 6) is -2.46. The Morgan fingerprint density at radius 1 is 1.10 bits per heavy atom. The van der Waals surface area contributed by atoms with Crippen LogP contribution in [0.25, 0.3) is 0 Å². The monoisotopic (exact) mass is 541 g/mol. The van der Waals surface area contributed by atoms with Crippen LogP contribution in [-0.2, 0) is 0 Å². The molecule has 5 rings (SSSR count). The van der Waals surface area contributed by atoms with Crippen molar-refractivity contribution in [2.24, 2.45) is 5.41 Å². The van der Waals surface area contributed by atoms with E-state index in [2.05, 4.69) is 49.1 Å². The van der Waals surface area contributed by atoms with E-state index in [1.54, 1.807) is 0 Å². The highest BCUT2D eigenvalue weighted by Crippen LogP contribution is 2.54. The first kappa shape index (κ1) is 21.1. The number of aromatic nitrogens is 3. The number of hydrogen-bond acceptors (Lipinski definition) is 4. The average molecular weight is 541 g/mol. The van der Waals surface area contributed by atoms with E-state index in [-0.39, 0.29) is 24.8 Å². The van der Waals surface area contributed by atoms with Crippen molar-refractivity contribution in [3.8, 4) is 0 Å². The molecule has 1 amide bonds. The van der Waals surface area contributed by atoms with Gasteiger partial charge in [-0.1, -0.05) is 0 Å². The molecule has 6 nitrogen and oxygen atoms in total. The highest BCUT2D eigenvalue weighted by atomic mass is 127. The third-order valence-corrected chi connectivity index (χ3v) is 7.76. The normalized spacial score (nSPS) is 22.5. The van der Waals surface area contributed by atoms with Gasteiger partial charge < -0.3 is 10.2 Å². The summed E-state index contributed by atoms with van der Waals surface area (Å²) in [7, 11) is 0. The summed E-state index contributed by atoms with van der Waals surface area (Å²) in [4.78, 5) is 16.9. The highest BCUT2D eigenvalue weighted by molar-refractivity contribution is 14.1.